The van der Waals surface area contributed by atoms with Crippen LogP contribution in [0.2, 0.25) is 0 Å². The second kappa shape index (κ2) is 9.72. The molecule has 7 heteroatoms. The molecule has 0 aromatic heterocycles. The van der Waals surface area contributed by atoms with Crippen LogP contribution in [0.25, 0.3) is 0 Å². The molecule has 3 rings (SSSR count). The zero-order valence-electron chi connectivity index (χ0n) is 17.7. The van der Waals surface area contributed by atoms with Gasteiger partial charge >= 0.3 is 6.11 Å². The van der Waals surface area contributed by atoms with Crippen molar-refractivity contribution in [2.24, 2.45) is 0 Å². The van der Waals surface area contributed by atoms with Gasteiger partial charge in [0.25, 0.3) is 0 Å². The van der Waals surface area contributed by atoms with Gasteiger partial charge in [0, 0.05) is 12.1 Å². The molecule has 1 saturated carbocycles. The van der Waals surface area contributed by atoms with E-state index in [-0.39, 0.29) is 17.4 Å². The van der Waals surface area contributed by atoms with Crippen molar-refractivity contribution in [1.82, 2.24) is 0 Å². The predicted molar refractivity (Wildman–Crippen MR) is 111 cm³/mol. The number of alkyl halides is 2. The molecule has 0 N–H and O–H groups in total. The molecule has 0 aliphatic heterocycles. The molecule has 0 saturated heterocycles. The molecular formula is C25H24F5NO. The van der Waals surface area contributed by atoms with Crippen LogP contribution in [-0.2, 0) is 6.11 Å². The van der Waals surface area contributed by atoms with Crippen LogP contribution in [0.15, 0.2) is 36.9 Å². The molecule has 1 aliphatic rings. The molecule has 1 atom stereocenters. The maximum Gasteiger partial charge on any atom is 0.429 e. The zero-order chi connectivity index (χ0) is 23.5. The SMILES string of the molecule is C=CCC(C)c1ccc(C(F)(F)Oc2cc(F)c(C#N)c(F)c2)c(F)c1C1CCCCC1. The fourth-order valence-corrected chi connectivity index (χ4v) is 4.36. The molecule has 0 heterocycles. The van der Waals surface area contributed by atoms with Crippen molar-refractivity contribution in [3.8, 4) is 11.8 Å². The number of ether oxygens (including phenoxy) is 1. The number of hydrogen-bond acceptors (Lipinski definition) is 2. The van der Waals surface area contributed by atoms with E-state index in [4.69, 9.17) is 5.26 Å². The highest BCUT2D eigenvalue weighted by molar-refractivity contribution is 5.42. The Morgan fingerprint density at radius 3 is 2.34 bits per heavy atom. The maximum atomic E-state index is 15.6. The van der Waals surface area contributed by atoms with Crippen LogP contribution in [0, 0.1) is 28.8 Å². The Morgan fingerprint density at radius 2 is 1.78 bits per heavy atom. The molecule has 0 spiro atoms. The first kappa shape index (κ1) is 23.8. The van der Waals surface area contributed by atoms with Crippen LogP contribution in [0.5, 0.6) is 5.75 Å². The van der Waals surface area contributed by atoms with E-state index in [9.17, 15) is 17.6 Å². The van der Waals surface area contributed by atoms with Crippen LogP contribution >= 0.6 is 0 Å². The van der Waals surface area contributed by atoms with Crippen molar-refractivity contribution in [3.63, 3.8) is 0 Å². The van der Waals surface area contributed by atoms with Gasteiger partial charge in [-0.1, -0.05) is 38.3 Å². The predicted octanol–water partition coefficient (Wildman–Crippen LogP) is 7.83. The average molecular weight is 449 g/mol. The Bertz CT molecular complexity index is 1010. The summed E-state index contributed by atoms with van der Waals surface area (Å²) in [5.74, 6) is -4.86. The van der Waals surface area contributed by atoms with E-state index >= 15 is 4.39 Å². The van der Waals surface area contributed by atoms with Crippen molar-refractivity contribution < 1.29 is 26.7 Å². The first-order valence-corrected chi connectivity index (χ1v) is 10.6. The van der Waals surface area contributed by atoms with Gasteiger partial charge in [0.05, 0.1) is 0 Å². The van der Waals surface area contributed by atoms with E-state index < -0.39 is 40.4 Å². The third-order valence-corrected chi connectivity index (χ3v) is 5.97. The summed E-state index contributed by atoms with van der Waals surface area (Å²) in [7, 11) is 0. The van der Waals surface area contributed by atoms with Crippen molar-refractivity contribution in [3.05, 3.63) is 76.6 Å². The van der Waals surface area contributed by atoms with E-state index in [2.05, 4.69) is 11.3 Å². The lowest BCUT2D eigenvalue weighted by Gasteiger charge is -2.29. The molecule has 0 amide bonds. The maximum absolute atomic E-state index is 15.6. The molecular weight excluding hydrogens is 425 g/mol. The van der Waals surface area contributed by atoms with Crippen LogP contribution in [0.1, 0.15) is 79.5 Å². The van der Waals surface area contributed by atoms with Gasteiger partial charge in [0.2, 0.25) is 0 Å². The highest BCUT2D eigenvalue weighted by Gasteiger charge is 2.40. The summed E-state index contributed by atoms with van der Waals surface area (Å²) in [5.41, 5.74) is -0.980. The van der Waals surface area contributed by atoms with Crippen LogP contribution in [0.4, 0.5) is 22.0 Å². The molecule has 1 aliphatic carbocycles. The first-order valence-electron chi connectivity index (χ1n) is 10.6. The molecule has 0 radical (unpaired) electrons. The highest BCUT2D eigenvalue weighted by atomic mass is 19.3. The summed E-state index contributed by atoms with van der Waals surface area (Å²) < 4.78 is 77.8. The van der Waals surface area contributed by atoms with Gasteiger partial charge in [-0.15, -0.1) is 6.58 Å². The minimum absolute atomic E-state index is 0.107. The normalized spacial score (nSPS) is 15.8. The standard InChI is InChI=1S/C25H24F5NO/c1-3-7-15(2)18-10-11-20(24(28)23(18)16-8-5-4-6-9-16)25(29,30)32-17-12-21(26)19(14-31)22(27)13-17/h3,10-13,15-16H,1,4-9H2,2H3. The van der Waals surface area contributed by atoms with Gasteiger partial charge in [-0.2, -0.15) is 14.0 Å². The lowest BCUT2D eigenvalue weighted by Crippen LogP contribution is -2.25. The second-order valence-corrected chi connectivity index (χ2v) is 8.18. The third-order valence-electron chi connectivity index (χ3n) is 5.97. The van der Waals surface area contributed by atoms with Gasteiger partial charge in [0.1, 0.15) is 40.4 Å². The summed E-state index contributed by atoms with van der Waals surface area (Å²) in [4.78, 5) is 0. The summed E-state index contributed by atoms with van der Waals surface area (Å²) in [6.45, 7) is 5.59. The summed E-state index contributed by atoms with van der Waals surface area (Å²) in [6, 6.07) is 4.71. The highest BCUT2D eigenvalue weighted by Crippen LogP contribution is 2.43. The largest absolute Gasteiger partial charge is 0.429 e. The molecule has 170 valence electrons. The molecule has 2 aromatic rings. The number of hydrogen-bond donors (Lipinski definition) is 0. The second-order valence-electron chi connectivity index (χ2n) is 8.18. The first-order chi connectivity index (χ1) is 15.2. The van der Waals surface area contributed by atoms with Gasteiger partial charge in [-0.05, 0) is 48.3 Å². The lowest BCUT2D eigenvalue weighted by molar-refractivity contribution is -0.187. The number of allylic oxidation sites excluding steroid dienone is 1. The number of halogens is 5. The van der Waals surface area contributed by atoms with E-state index in [1.54, 1.807) is 6.08 Å². The lowest BCUT2D eigenvalue weighted by atomic mass is 9.78. The van der Waals surface area contributed by atoms with Crippen molar-refractivity contribution >= 4 is 0 Å². The number of benzene rings is 2. The summed E-state index contributed by atoms with van der Waals surface area (Å²) in [5, 5.41) is 8.73. The quantitative estimate of drug-likeness (QED) is 0.319. The minimum Gasteiger partial charge on any atom is -0.429 e. The molecule has 1 fully saturated rings. The number of rotatable bonds is 7. The van der Waals surface area contributed by atoms with Crippen molar-refractivity contribution in [2.45, 2.75) is 63.4 Å². The Labute approximate surface area is 184 Å². The Hall–Kier alpha value is -2.88. The van der Waals surface area contributed by atoms with E-state index in [1.807, 2.05) is 6.92 Å². The van der Waals surface area contributed by atoms with Gasteiger partial charge in [0.15, 0.2) is 0 Å². The van der Waals surface area contributed by atoms with Gasteiger partial charge in [-0.3, -0.25) is 0 Å². The zero-order valence-corrected chi connectivity index (χ0v) is 17.7. The van der Waals surface area contributed by atoms with Gasteiger partial charge in [-0.25, -0.2) is 13.2 Å². The fourth-order valence-electron chi connectivity index (χ4n) is 4.36. The minimum atomic E-state index is -4.18. The topological polar surface area (TPSA) is 33.0 Å². The average Bonchev–Trinajstić information content (AvgIpc) is 2.73. The Kier molecular flexibility index (Phi) is 7.22. The molecule has 1 unspecified atom stereocenters. The van der Waals surface area contributed by atoms with Crippen molar-refractivity contribution in [1.29, 1.82) is 5.26 Å². The van der Waals surface area contributed by atoms with Crippen molar-refractivity contribution in [2.75, 3.05) is 0 Å². The monoisotopic (exact) mass is 449 g/mol. The number of nitrogens with zero attached hydrogens (tertiary/aromatic N) is 1. The van der Waals surface area contributed by atoms with Gasteiger partial charge < -0.3 is 4.74 Å². The summed E-state index contributed by atoms with van der Waals surface area (Å²) >= 11 is 0. The smallest absolute Gasteiger partial charge is 0.429 e. The molecule has 0 bridgehead atoms. The van der Waals surface area contributed by atoms with Crippen LogP contribution in [-0.4, -0.2) is 0 Å². The molecule has 2 aromatic carbocycles. The Morgan fingerprint density at radius 1 is 1.16 bits per heavy atom. The van der Waals surface area contributed by atoms with Crippen LogP contribution < -0.4 is 4.74 Å². The number of nitriles is 1. The Balaban J connectivity index is 2.04. The van der Waals surface area contributed by atoms with E-state index in [0.29, 0.717) is 37.0 Å². The van der Waals surface area contributed by atoms with E-state index in [0.717, 1.165) is 25.3 Å². The molecule has 32 heavy (non-hydrogen) atoms. The fraction of sp³-hybridized carbons (Fsp3) is 0.400. The van der Waals surface area contributed by atoms with Crippen LogP contribution in [0.3, 0.4) is 0 Å². The summed E-state index contributed by atoms with van der Waals surface area (Å²) in [6.07, 6.45) is 2.28. The molecule has 2 nitrogen and oxygen atoms in total. The third kappa shape index (κ3) is 4.79. The van der Waals surface area contributed by atoms with E-state index in [1.165, 1.54) is 12.1 Å².